The minimum atomic E-state index is -3.43. The molecule has 6 nitrogen and oxygen atoms in total. The Morgan fingerprint density at radius 2 is 1.66 bits per heavy atom. The predicted molar refractivity (Wildman–Crippen MR) is 141 cm³/mol. The Hall–Kier alpha value is -2.56. The number of H-pyrrole nitrogens is 1. The number of aromatic nitrogens is 1. The van der Waals surface area contributed by atoms with Crippen LogP contribution in [0.25, 0.3) is 10.9 Å². The van der Waals surface area contributed by atoms with Crippen LogP contribution in [0.2, 0.25) is 0 Å². The van der Waals surface area contributed by atoms with Crippen molar-refractivity contribution in [2.75, 3.05) is 0 Å². The van der Waals surface area contributed by atoms with Gasteiger partial charge in [-0.15, -0.1) is 0 Å². The maximum atomic E-state index is 14.0. The molecule has 2 N–H and O–H groups in total. The first-order valence-electron chi connectivity index (χ1n) is 12.8. The number of esters is 1. The van der Waals surface area contributed by atoms with Crippen LogP contribution < -0.4 is 9.61 Å². The number of para-hydroxylation sites is 2. The fraction of sp³-hybridized carbons (Fsp3) is 0.464. The maximum Gasteiger partial charge on any atom is 0.324 e. The highest BCUT2D eigenvalue weighted by Gasteiger charge is 2.36. The summed E-state index contributed by atoms with van der Waals surface area (Å²) in [4.78, 5) is 16.9. The zero-order valence-electron chi connectivity index (χ0n) is 20.7. The molecule has 2 aromatic carbocycles. The van der Waals surface area contributed by atoms with Crippen LogP contribution >= 0.6 is 7.52 Å². The molecule has 0 radical (unpaired) electrons. The normalized spacial score (nSPS) is 17.9. The van der Waals surface area contributed by atoms with E-state index >= 15 is 0 Å². The number of hydrogen-bond donors (Lipinski definition) is 2. The fourth-order valence-corrected chi connectivity index (χ4v) is 6.19. The van der Waals surface area contributed by atoms with Gasteiger partial charge in [-0.25, -0.2) is 5.09 Å². The molecule has 0 bridgehead atoms. The molecule has 1 unspecified atom stereocenters. The second kappa shape index (κ2) is 11.9. The third-order valence-electron chi connectivity index (χ3n) is 6.63. The van der Waals surface area contributed by atoms with Crippen molar-refractivity contribution < 1.29 is 18.6 Å². The number of ether oxygens (including phenoxy) is 1. The molecule has 1 aliphatic carbocycles. The lowest BCUT2D eigenvalue weighted by Gasteiger charge is -2.29. The summed E-state index contributed by atoms with van der Waals surface area (Å²) in [5.74, 6) is 0.140. The van der Waals surface area contributed by atoms with Gasteiger partial charge < -0.3 is 14.2 Å². The topological polar surface area (TPSA) is 80.4 Å². The van der Waals surface area contributed by atoms with Gasteiger partial charge in [-0.3, -0.25) is 9.36 Å². The summed E-state index contributed by atoms with van der Waals surface area (Å²) in [7, 11) is -3.43. The van der Waals surface area contributed by atoms with Crippen molar-refractivity contribution in [2.45, 2.75) is 83.0 Å². The molecule has 0 saturated heterocycles. The summed E-state index contributed by atoms with van der Waals surface area (Å²) in [6.45, 7) is 3.69. The Bertz CT molecular complexity index is 1100. The number of rotatable bonds is 9. The lowest BCUT2D eigenvalue weighted by Crippen LogP contribution is -2.42. The molecule has 1 fully saturated rings. The maximum absolute atomic E-state index is 14.0. The van der Waals surface area contributed by atoms with Crippen LogP contribution in [-0.4, -0.2) is 28.8 Å². The van der Waals surface area contributed by atoms with Gasteiger partial charge in [-0.1, -0.05) is 69.5 Å². The van der Waals surface area contributed by atoms with Crippen molar-refractivity contribution in [3.8, 4) is 5.75 Å². The fourth-order valence-electron chi connectivity index (χ4n) is 4.56. The van der Waals surface area contributed by atoms with Crippen LogP contribution in [0.15, 0.2) is 60.7 Å². The summed E-state index contributed by atoms with van der Waals surface area (Å²) in [5.41, 5.74) is 1.55. The third-order valence-corrected chi connectivity index (χ3v) is 9.14. The lowest BCUT2D eigenvalue weighted by molar-refractivity contribution is -0.152. The van der Waals surface area contributed by atoms with Crippen LogP contribution in [0, 0.1) is 0 Å². The number of hydrogen-bond acceptors (Lipinski definition) is 4. The Balaban J connectivity index is 1.57. The Morgan fingerprint density at radius 1 is 1.00 bits per heavy atom. The summed E-state index contributed by atoms with van der Waals surface area (Å²) in [6.07, 6.45) is 7.74. The highest BCUT2D eigenvalue weighted by atomic mass is 31.2. The molecule has 0 amide bonds. The predicted octanol–water partition coefficient (Wildman–Crippen LogP) is 7.01. The van der Waals surface area contributed by atoms with Gasteiger partial charge in [-0.2, -0.15) is 0 Å². The summed E-state index contributed by atoms with van der Waals surface area (Å²) >= 11 is 0. The zero-order chi connectivity index (χ0) is 24.7. The van der Waals surface area contributed by atoms with Gasteiger partial charge >= 0.3 is 13.5 Å². The third kappa shape index (κ3) is 6.99. The highest BCUT2D eigenvalue weighted by molar-refractivity contribution is 7.58. The second-order valence-electron chi connectivity index (χ2n) is 9.77. The van der Waals surface area contributed by atoms with Crippen molar-refractivity contribution in [2.24, 2.45) is 0 Å². The first kappa shape index (κ1) is 25.5. The molecule has 2 atom stereocenters. The van der Waals surface area contributed by atoms with E-state index in [2.05, 4.69) is 10.1 Å². The van der Waals surface area contributed by atoms with Gasteiger partial charge in [0.25, 0.3) is 0 Å². The number of fused-ring (bicyclic) bond motifs is 1. The molecule has 188 valence electrons. The van der Waals surface area contributed by atoms with E-state index in [4.69, 9.17) is 9.26 Å². The molecule has 1 aromatic heterocycles. The first-order chi connectivity index (χ1) is 16.9. The molecule has 1 heterocycles. The number of aromatic amines is 1. The molecule has 35 heavy (non-hydrogen) atoms. The van der Waals surface area contributed by atoms with E-state index in [0.717, 1.165) is 42.3 Å². The van der Waals surface area contributed by atoms with Crippen LogP contribution in [0.1, 0.15) is 64.5 Å². The Labute approximate surface area is 208 Å². The van der Waals surface area contributed by atoms with Crippen molar-refractivity contribution >= 4 is 24.4 Å². The van der Waals surface area contributed by atoms with E-state index in [0.29, 0.717) is 12.2 Å². The molecule has 0 aliphatic heterocycles. The van der Waals surface area contributed by atoms with E-state index in [-0.39, 0.29) is 17.7 Å². The number of benzene rings is 2. The molecule has 1 saturated carbocycles. The lowest BCUT2D eigenvalue weighted by atomic mass is 9.98. The van der Waals surface area contributed by atoms with E-state index in [1.165, 1.54) is 19.3 Å². The molecular formula is C28H37N2O4P. The minimum Gasteiger partial charge on any atom is -0.461 e. The molecule has 1 aliphatic rings. The average Bonchev–Trinajstić information content (AvgIpc) is 3.23. The van der Waals surface area contributed by atoms with E-state index in [1.807, 2.05) is 62.4 Å². The van der Waals surface area contributed by atoms with E-state index < -0.39 is 13.6 Å². The highest BCUT2D eigenvalue weighted by Crippen LogP contribution is 2.48. The smallest absolute Gasteiger partial charge is 0.324 e. The minimum absolute atomic E-state index is 0.0942. The van der Waals surface area contributed by atoms with Crippen LogP contribution in [0.4, 0.5) is 0 Å². The number of nitrogens with one attached hydrogen (secondary N) is 2. The van der Waals surface area contributed by atoms with Crippen molar-refractivity contribution in [1.29, 1.82) is 0 Å². The van der Waals surface area contributed by atoms with Crippen LogP contribution in [0.5, 0.6) is 5.75 Å². The van der Waals surface area contributed by atoms with Crippen molar-refractivity contribution in [3.05, 3.63) is 66.4 Å². The number of carbonyl (C=O) groups excluding carboxylic acids is 1. The molecule has 3 aromatic rings. The molecular weight excluding hydrogens is 459 g/mol. The van der Waals surface area contributed by atoms with Gasteiger partial charge in [0.1, 0.15) is 17.9 Å². The molecule has 0 spiro atoms. The van der Waals surface area contributed by atoms with Crippen LogP contribution in [-0.2, 0) is 20.5 Å². The van der Waals surface area contributed by atoms with Crippen molar-refractivity contribution in [1.82, 2.24) is 10.1 Å². The van der Waals surface area contributed by atoms with Crippen molar-refractivity contribution in [3.63, 3.8) is 0 Å². The second-order valence-corrected chi connectivity index (χ2v) is 12.4. The monoisotopic (exact) mass is 496 g/mol. The molecule has 7 heteroatoms. The van der Waals surface area contributed by atoms with Gasteiger partial charge in [0.2, 0.25) is 0 Å². The Kier molecular flexibility index (Phi) is 8.69. The summed E-state index contributed by atoms with van der Waals surface area (Å²) in [5, 5.41) is 4.20. The van der Waals surface area contributed by atoms with Gasteiger partial charge in [-0.05, 0) is 55.3 Å². The van der Waals surface area contributed by atoms with Crippen LogP contribution in [0.3, 0.4) is 0 Å². The summed E-state index contributed by atoms with van der Waals surface area (Å²) in [6, 6.07) is 18.3. The standard InChI is InChI=1S/C28H37N2O4P/c1-21(2)35(32,34-25-16-9-6-10-17-25)30-27(20-23-19-22-13-11-12-18-26(22)29-23)28(31)33-24-14-7-4-3-5-8-15-24/h6,9-13,16-19,21,24,27,29H,3-5,7-8,14-15,20H2,1-2H3,(H,30,32)/t27-,35?/m0/s1. The summed E-state index contributed by atoms with van der Waals surface area (Å²) < 4.78 is 26.0. The van der Waals surface area contributed by atoms with E-state index in [9.17, 15) is 9.36 Å². The first-order valence-corrected chi connectivity index (χ1v) is 14.5. The van der Waals surface area contributed by atoms with Gasteiger partial charge in [0, 0.05) is 17.6 Å². The SMILES string of the molecule is CC(C)P(=O)(N[C@@H](Cc1cc2ccccc2[nH]1)C(=O)OC1CCCCCCC1)Oc1ccccc1. The zero-order valence-corrected chi connectivity index (χ0v) is 21.6. The van der Waals surface area contributed by atoms with Gasteiger partial charge in [0.15, 0.2) is 0 Å². The Morgan fingerprint density at radius 3 is 2.34 bits per heavy atom. The van der Waals surface area contributed by atoms with E-state index in [1.54, 1.807) is 12.1 Å². The number of carbonyl (C=O) groups is 1. The molecule has 4 rings (SSSR count). The average molecular weight is 497 g/mol. The van der Waals surface area contributed by atoms with Gasteiger partial charge in [0.05, 0.1) is 5.66 Å². The quantitative estimate of drug-likeness (QED) is 0.246. The largest absolute Gasteiger partial charge is 0.461 e.